The van der Waals surface area contributed by atoms with Crippen molar-refractivity contribution in [1.29, 1.82) is 0 Å². The highest BCUT2D eigenvalue weighted by molar-refractivity contribution is 5.92. The average molecular weight is 246 g/mol. The number of nitrogens with zero attached hydrogens (tertiary/aromatic N) is 2. The van der Waals surface area contributed by atoms with Crippen LogP contribution in [0.3, 0.4) is 0 Å². The van der Waals surface area contributed by atoms with Crippen molar-refractivity contribution in [3.8, 4) is 0 Å². The molecule has 1 aromatic carbocycles. The smallest absolute Gasteiger partial charge is 0.338 e. The quantitative estimate of drug-likeness (QED) is 0.756. The summed E-state index contributed by atoms with van der Waals surface area (Å²) in [5.74, 6) is -0.578. The Balaban J connectivity index is 1.85. The van der Waals surface area contributed by atoms with Crippen molar-refractivity contribution in [1.82, 2.24) is 5.16 Å². The van der Waals surface area contributed by atoms with E-state index in [1.54, 1.807) is 0 Å². The highest BCUT2D eigenvalue weighted by Gasteiger charge is 2.12. The van der Waals surface area contributed by atoms with Gasteiger partial charge in [-0.3, -0.25) is 4.79 Å². The molecule has 0 radical (unpaired) electrons. The van der Waals surface area contributed by atoms with E-state index in [0.717, 1.165) is 5.56 Å². The molecule has 92 valence electrons. The van der Waals surface area contributed by atoms with Crippen LogP contribution in [0.4, 0.5) is 0 Å². The van der Waals surface area contributed by atoms with Crippen LogP contribution in [0, 0.1) is 4.91 Å². The van der Waals surface area contributed by atoms with Crippen LogP contribution in [0.15, 0.2) is 46.1 Å². The number of amides is 1. The van der Waals surface area contributed by atoms with E-state index in [4.69, 9.17) is 9.26 Å². The Kier molecular flexibility index (Phi) is 3.93. The molecule has 0 aliphatic rings. The van der Waals surface area contributed by atoms with Crippen LogP contribution in [0.5, 0.6) is 0 Å². The maximum Gasteiger partial charge on any atom is 0.338 e. The van der Waals surface area contributed by atoms with E-state index in [9.17, 15) is 9.70 Å². The minimum atomic E-state index is -0.951. The van der Waals surface area contributed by atoms with Crippen LogP contribution in [-0.2, 0) is 18.0 Å². The molecule has 0 fully saturated rings. The van der Waals surface area contributed by atoms with Crippen LogP contribution < -0.4 is 0 Å². The lowest BCUT2D eigenvalue weighted by Crippen LogP contribution is -1.93. The summed E-state index contributed by atoms with van der Waals surface area (Å²) in [6.07, 6.45) is 0. The summed E-state index contributed by atoms with van der Waals surface area (Å²) in [5.41, 5.74) is 0.922. The Morgan fingerprint density at radius 3 is 2.78 bits per heavy atom. The molecule has 0 N–H and O–H groups in total. The number of hydrogen-bond acceptors (Lipinski definition) is 5. The summed E-state index contributed by atoms with van der Waals surface area (Å²) in [6.45, 7) is 0.602. The van der Waals surface area contributed by atoms with Gasteiger partial charge in [-0.25, -0.2) is 0 Å². The topological polar surface area (TPSA) is 81.8 Å². The average Bonchev–Trinajstić information content (AvgIpc) is 2.88. The Hall–Kier alpha value is -2.34. The molecule has 1 aromatic heterocycles. The van der Waals surface area contributed by atoms with Gasteiger partial charge in [-0.1, -0.05) is 35.5 Å². The van der Waals surface area contributed by atoms with E-state index < -0.39 is 5.91 Å². The van der Waals surface area contributed by atoms with Gasteiger partial charge in [0.05, 0.1) is 6.61 Å². The van der Waals surface area contributed by atoms with Crippen LogP contribution in [0.1, 0.15) is 21.8 Å². The summed E-state index contributed by atoms with van der Waals surface area (Å²) >= 11 is 0. The highest BCUT2D eigenvalue weighted by atomic mass is 16.5. The monoisotopic (exact) mass is 246 g/mol. The molecule has 0 atom stereocenters. The number of aromatic nitrogens is 1. The number of carbonyl (C=O) groups is 1. The van der Waals surface area contributed by atoms with Crippen molar-refractivity contribution in [2.24, 2.45) is 5.18 Å². The molecule has 2 aromatic rings. The van der Waals surface area contributed by atoms with Gasteiger partial charge >= 0.3 is 5.91 Å². The van der Waals surface area contributed by atoms with E-state index in [-0.39, 0.29) is 12.3 Å². The molecule has 6 heteroatoms. The van der Waals surface area contributed by atoms with Crippen LogP contribution in [0.2, 0.25) is 0 Å². The van der Waals surface area contributed by atoms with Crippen molar-refractivity contribution in [2.45, 2.75) is 13.2 Å². The molecule has 1 heterocycles. The van der Waals surface area contributed by atoms with Gasteiger partial charge in [0.15, 0.2) is 11.5 Å². The summed E-state index contributed by atoms with van der Waals surface area (Å²) in [7, 11) is 0. The number of ether oxygens (including phenoxy) is 1. The first-order valence-corrected chi connectivity index (χ1v) is 5.24. The SMILES string of the molecule is O=NC(=O)c1cc(COCc2ccccc2)on1. The second-order valence-corrected chi connectivity index (χ2v) is 3.55. The number of hydrogen-bond donors (Lipinski definition) is 0. The molecular weight excluding hydrogens is 236 g/mol. The molecule has 0 unspecified atom stereocenters. The Morgan fingerprint density at radius 2 is 2.06 bits per heavy atom. The zero-order chi connectivity index (χ0) is 12.8. The molecule has 0 saturated carbocycles. The largest absolute Gasteiger partial charge is 0.369 e. The van der Waals surface area contributed by atoms with Crippen LogP contribution >= 0.6 is 0 Å². The van der Waals surface area contributed by atoms with E-state index in [1.807, 2.05) is 30.3 Å². The van der Waals surface area contributed by atoms with Gasteiger partial charge in [-0.2, -0.15) is 0 Å². The first kappa shape index (κ1) is 12.1. The van der Waals surface area contributed by atoms with Gasteiger partial charge in [0, 0.05) is 11.2 Å². The van der Waals surface area contributed by atoms with Gasteiger partial charge in [0.25, 0.3) is 0 Å². The molecule has 2 rings (SSSR count). The van der Waals surface area contributed by atoms with Crippen molar-refractivity contribution < 1.29 is 14.1 Å². The third kappa shape index (κ3) is 3.08. The summed E-state index contributed by atoms with van der Waals surface area (Å²) in [4.78, 5) is 20.9. The zero-order valence-corrected chi connectivity index (χ0v) is 9.41. The molecule has 0 aliphatic heterocycles. The molecule has 1 amide bonds. The molecule has 0 spiro atoms. The molecule has 18 heavy (non-hydrogen) atoms. The summed E-state index contributed by atoms with van der Waals surface area (Å²) in [5, 5.41) is 5.66. The second kappa shape index (κ2) is 5.83. The first-order valence-electron chi connectivity index (χ1n) is 5.24. The lowest BCUT2D eigenvalue weighted by molar-refractivity contribution is 0.0880. The molecule has 0 saturated heterocycles. The van der Waals surface area contributed by atoms with Gasteiger partial charge in [0.1, 0.15) is 6.61 Å². The van der Waals surface area contributed by atoms with Crippen LogP contribution in [0.25, 0.3) is 0 Å². The fourth-order valence-electron chi connectivity index (χ4n) is 1.37. The van der Waals surface area contributed by atoms with Gasteiger partial charge < -0.3 is 9.26 Å². The number of nitroso groups, excluding NO2 is 1. The molecule has 6 nitrogen and oxygen atoms in total. The second-order valence-electron chi connectivity index (χ2n) is 3.55. The number of rotatable bonds is 5. The Morgan fingerprint density at radius 1 is 1.28 bits per heavy atom. The Labute approximate surface area is 103 Å². The van der Waals surface area contributed by atoms with Gasteiger partial charge in [0.2, 0.25) is 0 Å². The van der Waals surface area contributed by atoms with Crippen molar-refractivity contribution >= 4 is 5.91 Å². The van der Waals surface area contributed by atoms with Gasteiger partial charge in [-0.15, -0.1) is 4.91 Å². The van der Waals surface area contributed by atoms with Gasteiger partial charge in [-0.05, 0) is 5.56 Å². The lowest BCUT2D eigenvalue weighted by atomic mass is 10.2. The standard InChI is InChI=1S/C12H10N2O4/c15-12(13-16)11-6-10(18-14-11)8-17-7-9-4-2-1-3-5-9/h1-6H,7-8H2. The zero-order valence-electron chi connectivity index (χ0n) is 9.41. The fraction of sp³-hybridized carbons (Fsp3) is 0.167. The van der Waals surface area contributed by atoms with Crippen molar-refractivity contribution in [3.63, 3.8) is 0 Å². The first-order chi connectivity index (χ1) is 8.79. The predicted molar refractivity (Wildman–Crippen MR) is 61.6 cm³/mol. The minimum absolute atomic E-state index is 0.108. The predicted octanol–water partition coefficient (Wildman–Crippen LogP) is 2.30. The summed E-state index contributed by atoms with van der Waals surface area (Å²) in [6, 6.07) is 11.0. The molecular formula is C12H10N2O4. The maximum atomic E-state index is 10.9. The normalized spacial score (nSPS) is 10.2. The van der Waals surface area contributed by atoms with E-state index in [1.165, 1.54) is 6.07 Å². The fourth-order valence-corrected chi connectivity index (χ4v) is 1.37. The van der Waals surface area contributed by atoms with Crippen LogP contribution in [-0.4, -0.2) is 11.1 Å². The van der Waals surface area contributed by atoms with E-state index >= 15 is 0 Å². The minimum Gasteiger partial charge on any atom is -0.369 e. The highest BCUT2D eigenvalue weighted by Crippen LogP contribution is 2.08. The number of carbonyl (C=O) groups excluding carboxylic acids is 1. The van der Waals surface area contributed by atoms with E-state index in [0.29, 0.717) is 12.4 Å². The van der Waals surface area contributed by atoms with Crippen molar-refractivity contribution in [3.05, 3.63) is 58.3 Å². The third-order valence-corrected chi connectivity index (χ3v) is 2.22. The lowest BCUT2D eigenvalue weighted by Gasteiger charge is -2.00. The third-order valence-electron chi connectivity index (χ3n) is 2.22. The Bertz CT molecular complexity index is 536. The number of benzene rings is 1. The maximum absolute atomic E-state index is 10.9. The summed E-state index contributed by atoms with van der Waals surface area (Å²) < 4.78 is 10.2. The molecule has 0 bridgehead atoms. The molecule has 0 aliphatic carbocycles. The van der Waals surface area contributed by atoms with Crippen molar-refractivity contribution in [2.75, 3.05) is 0 Å². The van der Waals surface area contributed by atoms with E-state index in [2.05, 4.69) is 10.3 Å².